The first kappa shape index (κ1) is 19.3. The first-order chi connectivity index (χ1) is 13.4. The lowest BCUT2D eigenvalue weighted by Crippen LogP contribution is -2.13. The highest BCUT2D eigenvalue weighted by molar-refractivity contribution is 6.31. The van der Waals surface area contributed by atoms with Crippen LogP contribution >= 0.6 is 11.6 Å². The number of amides is 1. The van der Waals surface area contributed by atoms with E-state index in [1.807, 2.05) is 6.07 Å². The molecule has 0 aliphatic rings. The highest BCUT2D eigenvalue weighted by atomic mass is 35.5. The number of rotatable bonds is 4. The summed E-state index contributed by atoms with van der Waals surface area (Å²) in [6.07, 6.45) is 1.32. The number of anilines is 1. The van der Waals surface area contributed by atoms with Crippen molar-refractivity contribution in [3.63, 3.8) is 0 Å². The van der Waals surface area contributed by atoms with E-state index in [-0.39, 0.29) is 10.7 Å². The molecule has 0 saturated heterocycles. The molecule has 28 heavy (non-hydrogen) atoms. The zero-order valence-electron chi connectivity index (χ0n) is 14.6. The molecule has 1 amide bonds. The molecule has 1 heterocycles. The van der Waals surface area contributed by atoms with E-state index in [0.29, 0.717) is 22.6 Å². The van der Waals surface area contributed by atoms with E-state index < -0.39 is 17.5 Å². The number of aryl methyl sites for hydroxylation is 1. The average Bonchev–Trinajstić information content (AvgIpc) is 2.96. The van der Waals surface area contributed by atoms with Gasteiger partial charge in [0.05, 0.1) is 11.4 Å². The predicted molar refractivity (Wildman–Crippen MR) is 102 cm³/mol. The number of benzene rings is 2. The van der Waals surface area contributed by atoms with Gasteiger partial charge in [0.25, 0.3) is 5.91 Å². The van der Waals surface area contributed by atoms with Gasteiger partial charge in [0, 0.05) is 11.3 Å². The second-order valence-electron chi connectivity index (χ2n) is 5.81. The topological polar surface area (TPSA) is 70.7 Å². The van der Waals surface area contributed by atoms with Crippen LogP contribution in [0.4, 0.5) is 14.5 Å². The molecule has 5 nitrogen and oxygen atoms in total. The molecule has 0 aliphatic carbocycles. The Labute approximate surface area is 164 Å². The smallest absolute Gasteiger partial charge is 0.266 e. The first-order valence-electron chi connectivity index (χ1n) is 8.09. The van der Waals surface area contributed by atoms with E-state index in [1.54, 1.807) is 6.92 Å². The van der Waals surface area contributed by atoms with Crippen LogP contribution < -0.4 is 5.32 Å². The van der Waals surface area contributed by atoms with E-state index in [4.69, 9.17) is 11.6 Å². The molecule has 0 saturated carbocycles. The Kier molecular flexibility index (Phi) is 5.52. The Morgan fingerprint density at radius 2 is 1.71 bits per heavy atom. The average molecular weight is 399 g/mol. The Balaban J connectivity index is 1.92. The number of aromatic nitrogens is 2. The summed E-state index contributed by atoms with van der Waals surface area (Å²) in [5.41, 5.74) is 1.54. The second-order valence-corrected chi connectivity index (χ2v) is 6.17. The number of halogens is 3. The minimum atomic E-state index is -0.667. The maximum absolute atomic E-state index is 13.1. The molecule has 140 valence electrons. The van der Waals surface area contributed by atoms with E-state index in [2.05, 4.69) is 10.4 Å². The summed E-state index contributed by atoms with van der Waals surface area (Å²) in [5.74, 6) is -1.50. The van der Waals surface area contributed by atoms with E-state index >= 15 is 0 Å². The molecule has 1 aromatic heterocycles. The number of hydrogen-bond acceptors (Lipinski definition) is 3. The highest BCUT2D eigenvalue weighted by Crippen LogP contribution is 2.26. The summed E-state index contributed by atoms with van der Waals surface area (Å²) in [4.78, 5) is 12.4. The van der Waals surface area contributed by atoms with E-state index in [1.165, 1.54) is 59.3 Å². The molecule has 0 unspecified atom stereocenters. The molecular weight excluding hydrogens is 386 g/mol. The van der Waals surface area contributed by atoms with Crippen LogP contribution in [0.3, 0.4) is 0 Å². The molecule has 3 aromatic rings. The van der Waals surface area contributed by atoms with Gasteiger partial charge in [0.2, 0.25) is 0 Å². The molecule has 0 fully saturated rings. The molecule has 0 spiro atoms. The van der Waals surface area contributed by atoms with Crippen LogP contribution in [0.2, 0.25) is 5.15 Å². The van der Waals surface area contributed by atoms with Gasteiger partial charge in [-0.1, -0.05) is 11.6 Å². The Hall–Kier alpha value is -3.50. The third kappa shape index (κ3) is 4.08. The second kappa shape index (κ2) is 8.03. The number of nitrogens with zero attached hydrogens (tertiary/aromatic N) is 3. The highest BCUT2D eigenvalue weighted by Gasteiger charge is 2.17. The maximum atomic E-state index is 13.1. The van der Waals surface area contributed by atoms with Crippen LogP contribution in [0.1, 0.15) is 11.3 Å². The summed E-state index contributed by atoms with van der Waals surface area (Å²) in [5, 5.41) is 16.3. The van der Waals surface area contributed by atoms with Crippen molar-refractivity contribution < 1.29 is 13.6 Å². The number of nitrogens with one attached hydrogen (secondary N) is 1. The summed E-state index contributed by atoms with van der Waals surface area (Å²) < 4.78 is 27.5. The first-order valence-corrected chi connectivity index (χ1v) is 8.46. The van der Waals surface area contributed by atoms with Crippen molar-refractivity contribution in [2.24, 2.45) is 0 Å². The number of carbonyl (C=O) groups excluding carboxylic acids is 1. The summed E-state index contributed by atoms with van der Waals surface area (Å²) >= 11 is 6.37. The molecule has 3 rings (SSSR count). The minimum absolute atomic E-state index is 0.173. The molecule has 2 aromatic carbocycles. The van der Waals surface area contributed by atoms with Crippen molar-refractivity contribution in [2.45, 2.75) is 6.92 Å². The van der Waals surface area contributed by atoms with Gasteiger partial charge in [-0.3, -0.25) is 4.79 Å². The van der Waals surface area contributed by atoms with Crippen LogP contribution in [0.15, 0.2) is 54.1 Å². The lowest BCUT2D eigenvalue weighted by atomic mass is 10.1. The number of hydrogen-bond donors (Lipinski definition) is 1. The van der Waals surface area contributed by atoms with Gasteiger partial charge in [0.1, 0.15) is 28.4 Å². The van der Waals surface area contributed by atoms with Crippen molar-refractivity contribution in [2.75, 3.05) is 5.32 Å². The lowest BCUT2D eigenvalue weighted by molar-refractivity contribution is -0.112. The van der Waals surface area contributed by atoms with Crippen LogP contribution in [-0.4, -0.2) is 15.7 Å². The fraction of sp³-hybridized carbons (Fsp3) is 0.0500. The van der Waals surface area contributed by atoms with Gasteiger partial charge in [-0.15, -0.1) is 0 Å². The molecule has 0 atom stereocenters. The lowest BCUT2D eigenvalue weighted by Gasteiger charge is -2.04. The Bertz CT molecular complexity index is 1100. The van der Waals surface area contributed by atoms with Crippen LogP contribution in [0.25, 0.3) is 11.8 Å². The van der Waals surface area contributed by atoms with Crippen LogP contribution in [0.5, 0.6) is 0 Å². The Morgan fingerprint density at radius 3 is 2.29 bits per heavy atom. The van der Waals surface area contributed by atoms with Crippen LogP contribution in [-0.2, 0) is 4.79 Å². The third-order valence-corrected chi connectivity index (χ3v) is 4.24. The fourth-order valence-corrected chi connectivity index (χ4v) is 2.78. The van der Waals surface area contributed by atoms with Gasteiger partial charge in [0.15, 0.2) is 0 Å². The van der Waals surface area contributed by atoms with Gasteiger partial charge < -0.3 is 5.32 Å². The fourth-order valence-electron chi connectivity index (χ4n) is 2.45. The van der Waals surface area contributed by atoms with Gasteiger partial charge >= 0.3 is 0 Å². The van der Waals surface area contributed by atoms with Crippen molar-refractivity contribution in [1.29, 1.82) is 5.26 Å². The van der Waals surface area contributed by atoms with Gasteiger partial charge in [-0.05, 0) is 61.5 Å². The Morgan fingerprint density at radius 1 is 1.14 bits per heavy atom. The molecular formula is C20H13ClF2N4O. The summed E-state index contributed by atoms with van der Waals surface area (Å²) in [6.45, 7) is 1.67. The van der Waals surface area contributed by atoms with Gasteiger partial charge in [-0.2, -0.15) is 10.4 Å². The monoisotopic (exact) mass is 398 g/mol. The zero-order valence-corrected chi connectivity index (χ0v) is 15.3. The largest absolute Gasteiger partial charge is 0.321 e. The molecule has 0 aliphatic heterocycles. The van der Waals surface area contributed by atoms with Crippen molar-refractivity contribution in [3.8, 4) is 11.8 Å². The zero-order chi connectivity index (χ0) is 20.3. The number of carbonyl (C=O) groups is 1. The number of nitriles is 1. The SMILES string of the molecule is Cc1nn(-c2ccc(F)cc2)c(Cl)c1/C=C(/C#N)C(=O)Nc1ccc(F)cc1. The quantitative estimate of drug-likeness (QED) is 0.513. The summed E-state index contributed by atoms with van der Waals surface area (Å²) in [6, 6.07) is 12.5. The van der Waals surface area contributed by atoms with E-state index in [9.17, 15) is 18.8 Å². The van der Waals surface area contributed by atoms with Crippen molar-refractivity contribution in [1.82, 2.24) is 9.78 Å². The van der Waals surface area contributed by atoms with E-state index in [0.717, 1.165) is 0 Å². The standard InChI is InChI=1S/C20H13ClF2N4O/c1-12-18(19(21)27(26-12)17-8-4-15(23)5-9-17)10-13(11-24)20(28)25-16-6-2-14(22)3-7-16/h2-10H,1H3,(H,25,28)/b13-10-. The van der Waals surface area contributed by atoms with Crippen LogP contribution in [0, 0.1) is 29.9 Å². The molecule has 0 bridgehead atoms. The van der Waals surface area contributed by atoms with Gasteiger partial charge in [-0.25, -0.2) is 13.5 Å². The summed E-state index contributed by atoms with van der Waals surface area (Å²) in [7, 11) is 0. The molecule has 1 N–H and O–H groups in total. The molecule has 0 radical (unpaired) electrons. The third-order valence-electron chi connectivity index (χ3n) is 3.88. The maximum Gasteiger partial charge on any atom is 0.266 e. The van der Waals surface area contributed by atoms with Crippen molar-refractivity contribution in [3.05, 3.63) is 82.1 Å². The minimum Gasteiger partial charge on any atom is -0.321 e. The molecule has 8 heteroatoms. The normalized spacial score (nSPS) is 11.2. The van der Waals surface area contributed by atoms with Crippen molar-refractivity contribution >= 4 is 29.3 Å². The predicted octanol–water partition coefficient (Wildman–Crippen LogP) is 4.66.